The molecule has 1 heterocycles. The lowest BCUT2D eigenvalue weighted by Crippen LogP contribution is -2.43. The van der Waals surface area contributed by atoms with Crippen LogP contribution in [0.5, 0.6) is 5.75 Å². The van der Waals surface area contributed by atoms with Crippen LogP contribution < -0.4 is 15.2 Å². The number of hydrogen-bond donors (Lipinski definition) is 1. The Morgan fingerprint density at radius 3 is 2.52 bits per heavy atom. The van der Waals surface area contributed by atoms with Gasteiger partial charge >= 0.3 is 0 Å². The third-order valence-electron chi connectivity index (χ3n) is 4.19. The summed E-state index contributed by atoms with van der Waals surface area (Å²) in [6, 6.07) is 5.39. The van der Waals surface area contributed by atoms with Gasteiger partial charge in [0.1, 0.15) is 33.8 Å². The van der Waals surface area contributed by atoms with Crippen molar-refractivity contribution in [2.75, 3.05) is 19.8 Å². The SMILES string of the molecule is CCOP(=S)(OCC)N(CC)S(=O)C(NC(=O)[O-])c1cccc2c1OC(C)(C)C2. The molecule has 0 aliphatic carbocycles. The summed E-state index contributed by atoms with van der Waals surface area (Å²) in [6.07, 6.45) is -0.885. The Balaban J connectivity index is 2.51. The van der Waals surface area contributed by atoms with E-state index in [2.05, 4.69) is 5.32 Å². The highest BCUT2D eigenvalue weighted by atomic mass is 32.5. The van der Waals surface area contributed by atoms with Gasteiger partial charge in [0.05, 0.1) is 13.2 Å². The van der Waals surface area contributed by atoms with Crippen molar-refractivity contribution in [3.05, 3.63) is 29.3 Å². The maximum atomic E-state index is 13.6. The van der Waals surface area contributed by atoms with Crippen LogP contribution in [0.25, 0.3) is 0 Å². The Labute approximate surface area is 179 Å². The first-order valence-corrected chi connectivity index (χ1v) is 13.2. The minimum Gasteiger partial charge on any atom is -0.530 e. The second-order valence-corrected chi connectivity index (χ2v) is 12.0. The quantitative estimate of drug-likeness (QED) is 0.533. The van der Waals surface area contributed by atoms with Crippen molar-refractivity contribution in [3.63, 3.8) is 0 Å². The second kappa shape index (κ2) is 9.85. The van der Waals surface area contributed by atoms with Crippen LogP contribution in [0.1, 0.15) is 51.1 Å². The zero-order chi connectivity index (χ0) is 21.8. The number of para-hydroxylation sites is 1. The summed E-state index contributed by atoms with van der Waals surface area (Å²) in [7, 11) is -1.94. The van der Waals surface area contributed by atoms with Gasteiger partial charge in [-0.15, -0.1) is 4.08 Å². The van der Waals surface area contributed by atoms with Gasteiger partial charge in [-0.2, -0.15) is 0 Å². The van der Waals surface area contributed by atoms with E-state index in [0.29, 0.717) is 17.7 Å². The molecule has 0 radical (unpaired) electrons. The summed E-state index contributed by atoms with van der Waals surface area (Å²) < 4.78 is 32.4. The molecular weight excluding hydrogens is 435 g/mol. The number of ether oxygens (including phenoxy) is 1. The zero-order valence-corrected chi connectivity index (χ0v) is 19.8. The van der Waals surface area contributed by atoms with Gasteiger partial charge in [-0.25, -0.2) is 4.21 Å². The first-order chi connectivity index (χ1) is 13.6. The summed E-state index contributed by atoms with van der Waals surface area (Å²) >= 11 is 5.59. The fraction of sp³-hybridized carbons (Fsp3) is 0.611. The van der Waals surface area contributed by atoms with E-state index in [1.165, 1.54) is 4.08 Å². The zero-order valence-electron chi connectivity index (χ0n) is 17.3. The summed E-state index contributed by atoms with van der Waals surface area (Å²) in [5.74, 6) is 0.529. The monoisotopic (exact) mass is 463 g/mol. The third kappa shape index (κ3) is 5.57. The molecule has 1 aliphatic rings. The Hall–Kier alpha value is -1.03. The molecule has 2 atom stereocenters. The lowest BCUT2D eigenvalue weighted by molar-refractivity contribution is -0.251. The maximum Gasteiger partial charge on any atom is 0.275 e. The fourth-order valence-corrected chi connectivity index (χ4v) is 8.56. The minimum atomic E-state index is -3.08. The first kappa shape index (κ1) is 24.2. The number of fused-ring (bicyclic) bond motifs is 1. The summed E-state index contributed by atoms with van der Waals surface area (Å²) in [6.45, 7) is 6.92. The first-order valence-electron chi connectivity index (χ1n) is 9.44. The molecule has 1 amide bonds. The summed E-state index contributed by atoms with van der Waals surface area (Å²) in [5.41, 5.74) is 0.942. The number of carbonyl (C=O) groups is 1. The van der Waals surface area contributed by atoms with E-state index in [4.69, 9.17) is 25.6 Å². The number of amides is 1. The van der Waals surface area contributed by atoms with Crippen LogP contribution in [0.4, 0.5) is 4.79 Å². The fourth-order valence-electron chi connectivity index (χ4n) is 3.20. The Morgan fingerprint density at radius 1 is 1.38 bits per heavy atom. The number of carboxylic acid groups (broad SMARTS) is 1. The molecule has 2 unspecified atom stereocenters. The molecule has 164 valence electrons. The molecule has 8 nitrogen and oxygen atoms in total. The second-order valence-electron chi connectivity index (χ2n) is 6.93. The average Bonchev–Trinajstić information content (AvgIpc) is 2.94. The largest absolute Gasteiger partial charge is 0.530 e. The van der Waals surface area contributed by atoms with Gasteiger partial charge in [0.15, 0.2) is 0 Å². The van der Waals surface area contributed by atoms with Crippen LogP contribution in [0.2, 0.25) is 0 Å². The molecule has 11 heteroatoms. The Bertz CT molecular complexity index is 810. The summed E-state index contributed by atoms with van der Waals surface area (Å²) in [4.78, 5) is 11.4. The van der Waals surface area contributed by atoms with E-state index >= 15 is 0 Å². The van der Waals surface area contributed by atoms with Crippen LogP contribution >= 0.6 is 6.64 Å². The van der Waals surface area contributed by atoms with Gasteiger partial charge in [-0.3, -0.25) is 0 Å². The molecule has 0 fully saturated rings. The number of rotatable bonds is 10. The molecular formula is C18H28N2O6PS2-. The van der Waals surface area contributed by atoms with Gasteiger partial charge in [0, 0.05) is 18.5 Å². The summed E-state index contributed by atoms with van der Waals surface area (Å²) in [5, 5.41) is 12.6. The molecule has 2 rings (SSSR count). The van der Waals surface area contributed by atoms with Crippen LogP contribution in [-0.4, -0.2) is 39.7 Å². The lowest BCUT2D eigenvalue weighted by atomic mass is 10.0. The lowest BCUT2D eigenvalue weighted by Gasteiger charge is -2.34. The van der Waals surface area contributed by atoms with Crippen LogP contribution in [0, 0.1) is 0 Å². The number of hydrogen-bond acceptors (Lipinski definition) is 7. The van der Waals surface area contributed by atoms with Crippen LogP contribution in [0.3, 0.4) is 0 Å². The van der Waals surface area contributed by atoms with E-state index in [-0.39, 0.29) is 19.8 Å². The van der Waals surface area contributed by atoms with Gasteiger partial charge in [-0.05, 0) is 45.1 Å². The average molecular weight is 464 g/mol. The maximum absolute atomic E-state index is 13.6. The third-order valence-corrected chi connectivity index (χ3v) is 10.3. The van der Waals surface area contributed by atoms with E-state index < -0.39 is 34.7 Å². The van der Waals surface area contributed by atoms with Crippen molar-refractivity contribution in [2.24, 2.45) is 0 Å². The van der Waals surface area contributed by atoms with E-state index in [1.54, 1.807) is 32.9 Å². The van der Waals surface area contributed by atoms with Crippen molar-refractivity contribution in [1.82, 2.24) is 9.39 Å². The van der Waals surface area contributed by atoms with E-state index in [0.717, 1.165) is 5.56 Å². The predicted molar refractivity (Wildman–Crippen MR) is 114 cm³/mol. The molecule has 0 spiro atoms. The highest BCUT2D eigenvalue weighted by Crippen LogP contribution is 2.54. The van der Waals surface area contributed by atoms with Crippen LogP contribution in [-0.2, 0) is 38.3 Å². The van der Waals surface area contributed by atoms with Crippen molar-refractivity contribution in [2.45, 2.75) is 52.0 Å². The normalized spacial score (nSPS) is 17.4. The number of nitrogens with one attached hydrogen (secondary N) is 1. The molecule has 0 saturated carbocycles. The van der Waals surface area contributed by atoms with E-state index in [1.807, 2.05) is 19.9 Å². The van der Waals surface area contributed by atoms with Crippen molar-refractivity contribution in [1.29, 1.82) is 0 Å². The molecule has 29 heavy (non-hydrogen) atoms. The smallest absolute Gasteiger partial charge is 0.275 e. The van der Waals surface area contributed by atoms with Crippen LogP contribution in [0.15, 0.2) is 18.2 Å². The Morgan fingerprint density at radius 2 is 2.00 bits per heavy atom. The van der Waals surface area contributed by atoms with Gasteiger partial charge in [0.25, 0.3) is 6.64 Å². The van der Waals surface area contributed by atoms with Gasteiger partial charge < -0.3 is 29.0 Å². The number of benzene rings is 1. The number of carbonyl (C=O) groups excluding carboxylic acids is 1. The molecule has 1 aromatic rings. The highest BCUT2D eigenvalue weighted by molar-refractivity contribution is 8.12. The van der Waals surface area contributed by atoms with Gasteiger partial charge in [0.2, 0.25) is 0 Å². The van der Waals surface area contributed by atoms with E-state index in [9.17, 15) is 14.1 Å². The predicted octanol–water partition coefficient (Wildman–Crippen LogP) is 2.61. The molecule has 1 aliphatic heterocycles. The van der Waals surface area contributed by atoms with Gasteiger partial charge in [-0.1, -0.05) is 25.1 Å². The van der Waals surface area contributed by atoms with Crippen molar-refractivity contribution >= 4 is 35.5 Å². The molecule has 0 saturated heterocycles. The van der Waals surface area contributed by atoms with Crippen molar-refractivity contribution in [3.8, 4) is 5.75 Å². The molecule has 1 N–H and O–H groups in total. The molecule has 0 bridgehead atoms. The van der Waals surface area contributed by atoms with Crippen molar-refractivity contribution < 1.29 is 27.9 Å². The minimum absolute atomic E-state index is 0.247. The number of nitrogens with zero attached hydrogens (tertiary/aromatic N) is 1. The molecule has 1 aromatic carbocycles. The molecule has 0 aromatic heterocycles. The topological polar surface area (TPSA) is 100 Å². The highest BCUT2D eigenvalue weighted by Gasteiger charge is 2.39. The standard InChI is InChI=1S/C18H29N2O6PS2/c1-6-20(27(28,24-7-2)25-8-3)29(23)16(19-17(21)22)14-11-9-10-13-12-18(4,5)26-15(13)14/h9-11,16,19H,6-8,12H2,1-5H3,(H,21,22)/p-1. The Kier molecular flexibility index (Phi) is 8.23.